The number of thiophene rings is 1. The lowest BCUT2D eigenvalue weighted by Crippen LogP contribution is -2.05. The molecule has 0 unspecified atom stereocenters. The van der Waals surface area contributed by atoms with Gasteiger partial charge in [0.25, 0.3) is 0 Å². The zero-order chi connectivity index (χ0) is 23.3. The van der Waals surface area contributed by atoms with Crippen LogP contribution in [0.5, 0.6) is 5.88 Å². The van der Waals surface area contributed by atoms with Crippen molar-refractivity contribution in [3.05, 3.63) is 41.0 Å². The number of hydrogen-bond acceptors (Lipinski definition) is 7. The van der Waals surface area contributed by atoms with Crippen LogP contribution in [0, 0.1) is 11.6 Å². The maximum atomic E-state index is 16.2. The average molecular weight is 490 g/mol. The molecule has 0 spiro atoms. The number of anilines is 1. The van der Waals surface area contributed by atoms with Crippen molar-refractivity contribution in [3.8, 4) is 17.0 Å². The second-order valence-corrected chi connectivity index (χ2v) is 9.50. The number of methoxy groups -OCH3 is 1. The van der Waals surface area contributed by atoms with Gasteiger partial charge < -0.3 is 14.6 Å². The molecule has 0 saturated carbocycles. The summed E-state index contributed by atoms with van der Waals surface area (Å²) >= 11 is 2.48. The first-order valence-electron chi connectivity index (χ1n) is 9.94. The summed E-state index contributed by atoms with van der Waals surface area (Å²) in [6.45, 7) is 2.21. The van der Waals surface area contributed by atoms with E-state index < -0.39 is 17.7 Å². The normalized spacial score (nSPS) is 13.0. The Morgan fingerprint density at radius 3 is 2.79 bits per heavy atom. The molecule has 1 aliphatic heterocycles. The van der Waals surface area contributed by atoms with Crippen LogP contribution in [0.3, 0.4) is 0 Å². The number of ether oxygens (including phenoxy) is 2. The van der Waals surface area contributed by atoms with Crippen LogP contribution in [-0.4, -0.2) is 34.0 Å². The van der Waals surface area contributed by atoms with E-state index in [-0.39, 0.29) is 35.7 Å². The quantitative estimate of drug-likeness (QED) is 0.261. The van der Waals surface area contributed by atoms with Crippen LogP contribution in [0.15, 0.2) is 23.4 Å². The third kappa shape index (κ3) is 3.56. The highest BCUT2D eigenvalue weighted by Crippen LogP contribution is 2.46. The fourth-order valence-corrected chi connectivity index (χ4v) is 5.61. The molecule has 0 fully saturated rings. The zero-order valence-corrected chi connectivity index (χ0v) is 19.1. The molecule has 11 heteroatoms. The highest BCUT2D eigenvalue weighted by atomic mass is 32.2. The second-order valence-electron chi connectivity index (χ2n) is 7.19. The van der Waals surface area contributed by atoms with E-state index in [0.29, 0.717) is 42.5 Å². The van der Waals surface area contributed by atoms with Crippen molar-refractivity contribution in [1.29, 1.82) is 0 Å². The van der Waals surface area contributed by atoms with Gasteiger partial charge in [0, 0.05) is 21.2 Å². The van der Waals surface area contributed by atoms with Crippen LogP contribution < -0.4 is 10.1 Å². The number of hydrogen-bond donors (Lipinski definition) is 2. The molecule has 2 N–H and O–H groups in total. The number of nitrogens with zero attached hydrogens (tertiary/aromatic N) is 2. The van der Waals surface area contributed by atoms with Crippen molar-refractivity contribution in [1.82, 2.24) is 9.97 Å². The van der Waals surface area contributed by atoms with Gasteiger partial charge in [-0.3, -0.25) is 5.32 Å². The molecule has 0 radical (unpaired) electrons. The molecule has 0 atom stereocenters. The summed E-state index contributed by atoms with van der Waals surface area (Å²) in [5.74, 6) is -0.401. The van der Waals surface area contributed by atoms with Gasteiger partial charge in [0.05, 0.1) is 30.7 Å². The fourth-order valence-electron chi connectivity index (χ4n) is 4.09. The Kier molecular flexibility index (Phi) is 5.55. The molecular weight excluding hydrogens is 472 g/mol. The number of carbonyl (C=O) groups is 1. The molecule has 33 heavy (non-hydrogen) atoms. The van der Waals surface area contributed by atoms with Gasteiger partial charge >= 0.3 is 6.09 Å². The summed E-state index contributed by atoms with van der Waals surface area (Å²) in [6, 6.07) is 4.31. The minimum absolute atomic E-state index is 0.0348. The third-order valence-electron chi connectivity index (χ3n) is 5.34. The molecule has 2 aromatic carbocycles. The van der Waals surface area contributed by atoms with Gasteiger partial charge in [0.2, 0.25) is 5.88 Å². The van der Waals surface area contributed by atoms with Gasteiger partial charge in [0.15, 0.2) is 11.0 Å². The lowest BCUT2D eigenvalue weighted by molar-refractivity contribution is 0.135. The molecule has 0 bridgehead atoms. The van der Waals surface area contributed by atoms with Gasteiger partial charge in [-0.05, 0) is 35.1 Å². The van der Waals surface area contributed by atoms with E-state index in [4.69, 9.17) is 14.6 Å². The molecule has 3 heterocycles. The number of fused-ring (bicyclic) bond motifs is 4. The van der Waals surface area contributed by atoms with E-state index in [9.17, 15) is 4.79 Å². The number of benzene rings is 2. The second kappa shape index (κ2) is 8.40. The van der Waals surface area contributed by atoms with Gasteiger partial charge in [0.1, 0.15) is 11.3 Å². The lowest BCUT2D eigenvalue weighted by Gasteiger charge is -2.16. The maximum Gasteiger partial charge on any atom is 0.409 e. The summed E-state index contributed by atoms with van der Waals surface area (Å²) < 4.78 is 43.2. The Morgan fingerprint density at radius 1 is 1.27 bits per heavy atom. The van der Waals surface area contributed by atoms with E-state index in [2.05, 4.69) is 15.3 Å². The number of rotatable bonds is 5. The summed E-state index contributed by atoms with van der Waals surface area (Å²) in [5.41, 5.74) is 1.30. The molecular formula is C22H17F2N3O4S2. The molecule has 0 aliphatic carbocycles. The highest BCUT2D eigenvalue weighted by Gasteiger charge is 2.31. The van der Waals surface area contributed by atoms with Crippen molar-refractivity contribution in [2.75, 3.05) is 18.2 Å². The number of halogens is 2. The van der Waals surface area contributed by atoms with Crippen molar-refractivity contribution >= 4 is 55.2 Å². The Balaban J connectivity index is 1.87. The van der Waals surface area contributed by atoms with E-state index >= 15 is 8.78 Å². The Bertz CT molecular complexity index is 1440. The van der Waals surface area contributed by atoms with Crippen LogP contribution in [0.2, 0.25) is 0 Å². The van der Waals surface area contributed by atoms with Gasteiger partial charge in [-0.2, -0.15) is 4.98 Å². The van der Waals surface area contributed by atoms with Gasteiger partial charge in [-0.25, -0.2) is 18.6 Å². The van der Waals surface area contributed by atoms with Crippen LogP contribution in [-0.2, 0) is 18.0 Å². The summed E-state index contributed by atoms with van der Waals surface area (Å²) in [6.07, 6.45) is -1.24. The number of thioether (sulfide) groups is 1. The SMILES string of the molecule is CCSc1nc(OC)c2c3c(c(-c4c(F)ccc5sc(NC(=O)O)cc45)c(F)c2n1)COC3. The largest absolute Gasteiger partial charge is 0.480 e. The lowest BCUT2D eigenvalue weighted by atomic mass is 9.91. The molecule has 4 aromatic rings. The first-order valence-corrected chi connectivity index (χ1v) is 11.7. The van der Waals surface area contributed by atoms with E-state index in [1.165, 1.54) is 31.0 Å². The number of amides is 1. The Hall–Kier alpha value is -3.02. The minimum atomic E-state index is -1.24. The third-order valence-corrected chi connectivity index (χ3v) is 7.09. The smallest absolute Gasteiger partial charge is 0.409 e. The molecule has 5 rings (SSSR count). The molecule has 2 aromatic heterocycles. The minimum Gasteiger partial charge on any atom is -0.480 e. The van der Waals surface area contributed by atoms with E-state index in [1.807, 2.05) is 6.92 Å². The Morgan fingerprint density at radius 2 is 2.06 bits per heavy atom. The van der Waals surface area contributed by atoms with E-state index in [0.717, 1.165) is 11.3 Å². The number of nitrogens with one attached hydrogen (secondary N) is 1. The van der Waals surface area contributed by atoms with Crippen molar-refractivity contribution in [2.45, 2.75) is 25.3 Å². The molecule has 1 amide bonds. The monoisotopic (exact) mass is 489 g/mol. The molecule has 170 valence electrons. The standard InChI is InChI=1S/C22H17F2N3O4S2/c1-3-32-21-26-19-17(20(27-21)30-2)11-8-31-7-10(11)16(18(19)24)15-9-6-14(25-22(28)29)33-13(9)5-4-12(15)23/h4-6,25H,3,7-8H2,1-2H3,(H,28,29). The molecule has 7 nitrogen and oxygen atoms in total. The number of carboxylic acid groups (broad SMARTS) is 1. The number of aromatic nitrogens is 2. The summed E-state index contributed by atoms with van der Waals surface area (Å²) in [7, 11) is 1.46. The van der Waals surface area contributed by atoms with Crippen molar-refractivity contribution < 1.29 is 28.2 Å². The van der Waals surface area contributed by atoms with Crippen molar-refractivity contribution in [3.63, 3.8) is 0 Å². The first kappa shape index (κ1) is 21.8. The predicted molar refractivity (Wildman–Crippen MR) is 123 cm³/mol. The van der Waals surface area contributed by atoms with Crippen LogP contribution in [0.1, 0.15) is 18.1 Å². The Labute approximate surface area is 194 Å². The predicted octanol–water partition coefficient (Wildman–Crippen LogP) is 6.03. The summed E-state index contributed by atoms with van der Waals surface area (Å²) in [5, 5.41) is 12.8. The maximum absolute atomic E-state index is 16.2. The van der Waals surface area contributed by atoms with Crippen LogP contribution in [0.25, 0.3) is 32.1 Å². The first-order chi connectivity index (χ1) is 15.9. The fraction of sp³-hybridized carbons (Fsp3) is 0.227. The zero-order valence-electron chi connectivity index (χ0n) is 17.5. The van der Waals surface area contributed by atoms with Crippen LogP contribution >= 0.6 is 23.1 Å². The van der Waals surface area contributed by atoms with Crippen LogP contribution in [0.4, 0.5) is 18.6 Å². The average Bonchev–Trinajstić information content (AvgIpc) is 3.41. The van der Waals surface area contributed by atoms with Gasteiger partial charge in [-0.1, -0.05) is 18.7 Å². The van der Waals surface area contributed by atoms with Crippen molar-refractivity contribution in [2.24, 2.45) is 0 Å². The molecule has 0 saturated heterocycles. The summed E-state index contributed by atoms with van der Waals surface area (Å²) in [4.78, 5) is 19.9. The topological polar surface area (TPSA) is 93.6 Å². The van der Waals surface area contributed by atoms with Gasteiger partial charge in [-0.15, -0.1) is 11.3 Å². The van der Waals surface area contributed by atoms with E-state index in [1.54, 1.807) is 6.07 Å². The molecule has 1 aliphatic rings. The highest BCUT2D eigenvalue weighted by molar-refractivity contribution is 7.99.